The predicted octanol–water partition coefficient (Wildman–Crippen LogP) is 4.00. The summed E-state index contributed by atoms with van der Waals surface area (Å²) in [5.41, 5.74) is 1.34. The molecule has 0 radical (unpaired) electrons. The number of hydrogen-bond donors (Lipinski definition) is 2. The van der Waals surface area contributed by atoms with E-state index < -0.39 is 5.91 Å². The van der Waals surface area contributed by atoms with Crippen molar-refractivity contribution in [2.45, 2.75) is 26.2 Å². The zero-order valence-corrected chi connectivity index (χ0v) is 14.2. The second-order valence-electron chi connectivity index (χ2n) is 6.11. The van der Waals surface area contributed by atoms with Crippen LogP contribution < -0.4 is 10.1 Å². The molecule has 1 aromatic carbocycles. The summed E-state index contributed by atoms with van der Waals surface area (Å²) in [6.45, 7) is 6.24. The molecule has 5 nitrogen and oxygen atoms in total. The summed E-state index contributed by atoms with van der Waals surface area (Å²) in [6, 6.07) is 6.92. The van der Waals surface area contributed by atoms with E-state index in [0.29, 0.717) is 10.7 Å². The van der Waals surface area contributed by atoms with Crippen molar-refractivity contribution in [3.63, 3.8) is 0 Å². The summed E-state index contributed by atoms with van der Waals surface area (Å²) in [5, 5.41) is 13.0. The Bertz CT molecular complexity index is 739. The highest BCUT2D eigenvalue weighted by molar-refractivity contribution is 6.34. The van der Waals surface area contributed by atoms with Crippen LogP contribution in [0, 0.1) is 0 Å². The number of rotatable bonds is 3. The summed E-state index contributed by atoms with van der Waals surface area (Å²) in [6.07, 6.45) is 1.39. The van der Waals surface area contributed by atoms with Gasteiger partial charge >= 0.3 is 0 Å². The van der Waals surface area contributed by atoms with Crippen LogP contribution in [0.15, 0.2) is 30.5 Å². The number of methoxy groups -OCH3 is 1. The Balaban J connectivity index is 2.28. The molecule has 0 saturated carbocycles. The average molecular weight is 335 g/mol. The lowest BCUT2D eigenvalue weighted by atomic mass is 9.87. The maximum Gasteiger partial charge on any atom is 0.278 e. The van der Waals surface area contributed by atoms with Gasteiger partial charge in [-0.15, -0.1) is 0 Å². The van der Waals surface area contributed by atoms with Gasteiger partial charge in [0.15, 0.2) is 17.2 Å². The van der Waals surface area contributed by atoms with Gasteiger partial charge in [-0.25, -0.2) is 4.98 Å². The molecule has 0 atom stereocenters. The zero-order valence-electron chi connectivity index (χ0n) is 13.5. The Morgan fingerprint density at radius 1 is 1.30 bits per heavy atom. The standard InChI is InChI=1S/C17H19ClN2O3/c1-17(2,3)10-5-6-12(11(18)9-10)20-16(22)14-15(21)13(23-4)7-8-19-14/h5-9,21H,1-4H3,(H,20,22). The highest BCUT2D eigenvalue weighted by Crippen LogP contribution is 2.31. The Hall–Kier alpha value is -2.27. The van der Waals surface area contributed by atoms with Crippen LogP contribution in [0.5, 0.6) is 11.5 Å². The Morgan fingerprint density at radius 2 is 2.00 bits per heavy atom. The molecule has 0 spiro atoms. The van der Waals surface area contributed by atoms with E-state index >= 15 is 0 Å². The first-order chi connectivity index (χ1) is 10.7. The molecule has 2 aromatic rings. The van der Waals surface area contributed by atoms with E-state index in [1.165, 1.54) is 19.4 Å². The molecule has 0 saturated heterocycles. The second kappa shape index (κ2) is 6.46. The molecule has 6 heteroatoms. The van der Waals surface area contributed by atoms with E-state index in [9.17, 15) is 9.90 Å². The van der Waals surface area contributed by atoms with Gasteiger partial charge in [-0.3, -0.25) is 4.79 Å². The number of ether oxygens (including phenoxy) is 1. The summed E-state index contributed by atoms with van der Waals surface area (Å²) >= 11 is 6.24. The first-order valence-electron chi connectivity index (χ1n) is 7.07. The largest absolute Gasteiger partial charge is 0.503 e. The SMILES string of the molecule is COc1ccnc(C(=O)Nc2ccc(C(C)(C)C)cc2Cl)c1O. The van der Waals surface area contributed by atoms with Crippen LogP contribution in [0.25, 0.3) is 0 Å². The van der Waals surface area contributed by atoms with E-state index in [2.05, 4.69) is 31.1 Å². The Morgan fingerprint density at radius 3 is 2.57 bits per heavy atom. The summed E-state index contributed by atoms with van der Waals surface area (Å²) in [7, 11) is 1.40. The molecule has 1 amide bonds. The molecule has 0 bridgehead atoms. The molecular weight excluding hydrogens is 316 g/mol. The van der Waals surface area contributed by atoms with Gasteiger partial charge in [0.2, 0.25) is 0 Å². The number of nitrogens with one attached hydrogen (secondary N) is 1. The van der Waals surface area contributed by atoms with Gasteiger partial charge in [0.25, 0.3) is 5.91 Å². The third-order valence-electron chi connectivity index (χ3n) is 3.41. The maximum atomic E-state index is 12.3. The number of benzene rings is 1. The number of pyridine rings is 1. The monoisotopic (exact) mass is 334 g/mol. The first kappa shape index (κ1) is 17.1. The van der Waals surface area contributed by atoms with Gasteiger partial charge < -0.3 is 15.2 Å². The Kier molecular flexibility index (Phi) is 4.80. The number of carbonyl (C=O) groups excluding carboxylic acids is 1. The average Bonchev–Trinajstić information content (AvgIpc) is 2.48. The number of carbonyl (C=O) groups is 1. The number of aromatic nitrogens is 1. The molecule has 0 aliphatic heterocycles. The number of halogens is 1. The molecule has 23 heavy (non-hydrogen) atoms. The van der Waals surface area contributed by atoms with Crippen LogP contribution in [0.2, 0.25) is 5.02 Å². The van der Waals surface area contributed by atoms with E-state index in [1.807, 2.05) is 12.1 Å². The van der Waals surface area contributed by atoms with Gasteiger partial charge in [-0.1, -0.05) is 38.4 Å². The molecule has 1 aromatic heterocycles. The van der Waals surface area contributed by atoms with Gasteiger partial charge in [-0.05, 0) is 23.1 Å². The van der Waals surface area contributed by atoms with Crippen molar-refractivity contribution in [3.05, 3.63) is 46.7 Å². The zero-order chi connectivity index (χ0) is 17.2. The van der Waals surface area contributed by atoms with E-state index in [1.54, 1.807) is 6.07 Å². The molecule has 0 aliphatic rings. The predicted molar refractivity (Wildman–Crippen MR) is 90.6 cm³/mol. The minimum Gasteiger partial charge on any atom is -0.503 e. The van der Waals surface area contributed by atoms with Crippen molar-refractivity contribution in [1.82, 2.24) is 4.98 Å². The highest BCUT2D eigenvalue weighted by Gasteiger charge is 2.19. The van der Waals surface area contributed by atoms with Gasteiger partial charge in [0, 0.05) is 12.3 Å². The normalized spacial score (nSPS) is 11.2. The molecule has 122 valence electrons. The number of aromatic hydroxyl groups is 1. The van der Waals surface area contributed by atoms with Crippen molar-refractivity contribution < 1.29 is 14.6 Å². The fourth-order valence-electron chi connectivity index (χ4n) is 2.03. The van der Waals surface area contributed by atoms with Gasteiger partial charge in [0.1, 0.15) is 0 Å². The van der Waals surface area contributed by atoms with Crippen LogP contribution in [-0.2, 0) is 5.41 Å². The van der Waals surface area contributed by atoms with Gasteiger partial charge in [0.05, 0.1) is 17.8 Å². The maximum absolute atomic E-state index is 12.3. The molecule has 2 rings (SSSR count). The first-order valence-corrected chi connectivity index (χ1v) is 7.45. The third kappa shape index (κ3) is 3.74. The quantitative estimate of drug-likeness (QED) is 0.890. The van der Waals surface area contributed by atoms with Crippen molar-refractivity contribution in [1.29, 1.82) is 0 Å². The van der Waals surface area contributed by atoms with Crippen molar-refractivity contribution in [2.75, 3.05) is 12.4 Å². The summed E-state index contributed by atoms with van der Waals surface area (Å²) in [5.74, 6) is -0.693. The van der Waals surface area contributed by atoms with Crippen molar-refractivity contribution >= 4 is 23.2 Å². The number of amides is 1. The highest BCUT2D eigenvalue weighted by atomic mass is 35.5. The fraction of sp³-hybridized carbons (Fsp3) is 0.294. The topological polar surface area (TPSA) is 71.5 Å². The number of hydrogen-bond acceptors (Lipinski definition) is 4. The fourth-order valence-corrected chi connectivity index (χ4v) is 2.26. The third-order valence-corrected chi connectivity index (χ3v) is 3.72. The molecule has 0 unspecified atom stereocenters. The second-order valence-corrected chi connectivity index (χ2v) is 6.52. The molecule has 0 fully saturated rings. The number of anilines is 1. The minimum atomic E-state index is -0.563. The van der Waals surface area contributed by atoms with Crippen molar-refractivity contribution in [3.8, 4) is 11.5 Å². The lowest BCUT2D eigenvalue weighted by Crippen LogP contribution is -2.15. The van der Waals surface area contributed by atoms with Crippen LogP contribution in [0.1, 0.15) is 36.8 Å². The van der Waals surface area contributed by atoms with Crippen LogP contribution in [0.3, 0.4) is 0 Å². The van der Waals surface area contributed by atoms with Crippen molar-refractivity contribution in [2.24, 2.45) is 0 Å². The van der Waals surface area contributed by atoms with Crippen LogP contribution in [-0.4, -0.2) is 23.1 Å². The molecule has 2 N–H and O–H groups in total. The lowest BCUT2D eigenvalue weighted by molar-refractivity contribution is 0.101. The molecule has 1 heterocycles. The van der Waals surface area contributed by atoms with E-state index in [0.717, 1.165) is 5.56 Å². The molecular formula is C17H19ClN2O3. The van der Waals surface area contributed by atoms with Crippen LogP contribution >= 0.6 is 11.6 Å². The van der Waals surface area contributed by atoms with E-state index in [4.69, 9.17) is 16.3 Å². The lowest BCUT2D eigenvalue weighted by Gasteiger charge is -2.20. The van der Waals surface area contributed by atoms with Gasteiger partial charge in [-0.2, -0.15) is 0 Å². The summed E-state index contributed by atoms with van der Waals surface area (Å²) in [4.78, 5) is 16.2. The smallest absolute Gasteiger partial charge is 0.278 e. The van der Waals surface area contributed by atoms with E-state index in [-0.39, 0.29) is 22.6 Å². The summed E-state index contributed by atoms with van der Waals surface area (Å²) < 4.78 is 4.97. The number of nitrogens with zero attached hydrogens (tertiary/aromatic N) is 1. The molecule has 0 aliphatic carbocycles. The minimum absolute atomic E-state index is 0.0429. The van der Waals surface area contributed by atoms with Crippen LogP contribution in [0.4, 0.5) is 5.69 Å². The Labute approximate surface area is 140 Å².